The lowest BCUT2D eigenvalue weighted by Gasteiger charge is -2.04. The molecule has 0 bridgehead atoms. The number of rotatable bonds is 3. The number of benzene rings is 1. The molecule has 0 saturated carbocycles. The summed E-state index contributed by atoms with van der Waals surface area (Å²) in [5.74, 6) is -2.63. The second kappa shape index (κ2) is 5.58. The second-order valence-electron chi connectivity index (χ2n) is 3.08. The molecule has 0 fully saturated rings. The predicted octanol–water partition coefficient (Wildman–Crippen LogP) is 2.61. The Morgan fingerprint density at radius 1 is 1.53 bits per heavy atom. The zero-order valence-electron chi connectivity index (χ0n) is 8.52. The topological polar surface area (TPSA) is 89.6 Å². The van der Waals surface area contributed by atoms with Crippen LogP contribution in [0.1, 0.15) is 17.5 Å². The molecule has 0 heterocycles. The van der Waals surface area contributed by atoms with Crippen LogP contribution in [-0.4, -0.2) is 5.91 Å². The molecule has 0 aliphatic heterocycles. The molecular weight excluding hydrogens is 230 g/mol. The zero-order chi connectivity index (χ0) is 12.8. The van der Waals surface area contributed by atoms with Crippen LogP contribution in [0.5, 0.6) is 0 Å². The maximum atomic E-state index is 13.5. The summed E-state index contributed by atoms with van der Waals surface area (Å²) in [5, 5.41) is 11.3. The maximum Gasteiger partial charge on any atom is 0.219 e. The van der Waals surface area contributed by atoms with Gasteiger partial charge in [0.25, 0.3) is 0 Å². The predicted molar refractivity (Wildman–Crippen MR) is 53.5 cm³/mol. The smallest absolute Gasteiger partial charge is 0.219 e. The van der Waals surface area contributed by atoms with E-state index in [-0.39, 0.29) is 24.0 Å². The van der Waals surface area contributed by atoms with Gasteiger partial charge in [-0.25, -0.2) is 8.78 Å². The van der Waals surface area contributed by atoms with E-state index in [1.165, 1.54) is 0 Å². The summed E-state index contributed by atoms with van der Waals surface area (Å²) in [6.45, 7) is 0. The van der Waals surface area contributed by atoms with Crippen LogP contribution >= 0.6 is 0 Å². The zero-order valence-corrected chi connectivity index (χ0v) is 8.52. The van der Waals surface area contributed by atoms with Crippen LogP contribution < -0.4 is 0 Å². The van der Waals surface area contributed by atoms with Gasteiger partial charge in [0, 0.05) is 16.9 Å². The van der Waals surface area contributed by atoms with Crippen molar-refractivity contribution < 1.29 is 13.6 Å². The van der Waals surface area contributed by atoms with E-state index in [0.717, 1.165) is 12.1 Å². The van der Waals surface area contributed by atoms with Crippen LogP contribution in [0.3, 0.4) is 0 Å². The molecule has 5 nitrogen and oxygen atoms in total. The van der Waals surface area contributed by atoms with Gasteiger partial charge in [-0.3, -0.25) is 4.79 Å². The average Bonchev–Trinajstić information content (AvgIpc) is 2.29. The number of carbonyl (C=O) groups is 1. The minimum atomic E-state index is -0.985. The maximum absolute atomic E-state index is 13.5. The van der Waals surface area contributed by atoms with E-state index in [4.69, 9.17) is 10.8 Å². The number of nitrogens with zero attached hydrogens (tertiary/aromatic N) is 4. The van der Waals surface area contributed by atoms with Gasteiger partial charge in [0.15, 0.2) is 0 Å². The highest BCUT2D eigenvalue weighted by molar-refractivity contribution is 5.76. The minimum absolute atomic E-state index is 0.259. The van der Waals surface area contributed by atoms with E-state index in [9.17, 15) is 13.6 Å². The van der Waals surface area contributed by atoms with Gasteiger partial charge >= 0.3 is 0 Å². The van der Waals surface area contributed by atoms with E-state index in [1.54, 1.807) is 6.07 Å². The number of nitriles is 1. The first-order chi connectivity index (χ1) is 8.10. The van der Waals surface area contributed by atoms with Crippen molar-refractivity contribution >= 4 is 5.91 Å². The molecule has 1 aromatic rings. The molecule has 0 radical (unpaired) electrons. The highest BCUT2D eigenvalue weighted by Crippen LogP contribution is 2.18. The third-order valence-corrected chi connectivity index (χ3v) is 2.05. The summed E-state index contributed by atoms with van der Waals surface area (Å²) in [5.41, 5.74) is 7.32. The van der Waals surface area contributed by atoms with Crippen molar-refractivity contribution in [2.45, 2.75) is 12.8 Å². The Morgan fingerprint density at radius 3 is 2.82 bits per heavy atom. The van der Waals surface area contributed by atoms with Crippen molar-refractivity contribution in [3.05, 3.63) is 45.3 Å². The molecule has 0 aliphatic carbocycles. The van der Waals surface area contributed by atoms with E-state index in [0.29, 0.717) is 0 Å². The van der Waals surface area contributed by atoms with Crippen molar-refractivity contribution in [1.82, 2.24) is 0 Å². The lowest BCUT2D eigenvalue weighted by atomic mass is 10.0. The van der Waals surface area contributed by atoms with E-state index in [2.05, 4.69) is 10.0 Å². The van der Waals surface area contributed by atoms with Crippen molar-refractivity contribution in [2.75, 3.05) is 0 Å². The summed E-state index contributed by atoms with van der Waals surface area (Å²) >= 11 is 0. The van der Waals surface area contributed by atoms with Crippen LogP contribution in [0.25, 0.3) is 10.4 Å². The summed E-state index contributed by atoms with van der Waals surface area (Å²) in [4.78, 5) is 13.1. The molecule has 0 aromatic heterocycles. The average molecular weight is 236 g/mol. The number of halogens is 2. The number of amides is 1. The molecule has 1 rings (SSSR count). The molecule has 0 unspecified atom stereocenters. The second-order valence-corrected chi connectivity index (χ2v) is 3.08. The van der Waals surface area contributed by atoms with Crippen LogP contribution in [0.15, 0.2) is 17.2 Å². The van der Waals surface area contributed by atoms with Crippen molar-refractivity contribution in [1.29, 1.82) is 5.26 Å². The van der Waals surface area contributed by atoms with Crippen molar-refractivity contribution in [3.63, 3.8) is 0 Å². The molecule has 7 heteroatoms. The quantitative estimate of drug-likeness (QED) is 0.458. The molecule has 0 N–H and O–H groups in total. The van der Waals surface area contributed by atoms with Crippen molar-refractivity contribution in [3.8, 4) is 6.07 Å². The molecule has 0 atom stereocenters. The van der Waals surface area contributed by atoms with Crippen LogP contribution in [0, 0.1) is 23.0 Å². The van der Waals surface area contributed by atoms with Crippen molar-refractivity contribution in [2.24, 2.45) is 5.11 Å². The van der Waals surface area contributed by atoms with Gasteiger partial charge in [0.05, 0.1) is 5.56 Å². The normalized spacial score (nSPS) is 9.24. The van der Waals surface area contributed by atoms with Gasteiger partial charge in [0.1, 0.15) is 17.7 Å². The number of carbonyl (C=O) groups excluding carboxylic acids is 1. The Bertz CT molecular complexity index is 544. The number of hydrogen-bond acceptors (Lipinski definition) is 2. The SMILES string of the molecule is N#Cc1ccc(F)c(CCC(=O)N=[N+]=[N-])c1F. The fourth-order valence-corrected chi connectivity index (χ4v) is 1.24. The Kier molecular flexibility index (Phi) is 4.14. The first-order valence-electron chi connectivity index (χ1n) is 4.55. The first kappa shape index (κ1) is 12.6. The third kappa shape index (κ3) is 3.00. The third-order valence-electron chi connectivity index (χ3n) is 2.05. The van der Waals surface area contributed by atoms with Gasteiger partial charge < -0.3 is 0 Å². The largest absolute Gasteiger partial charge is 0.293 e. The minimum Gasteiger partial charge on any atom is -0.293 e. The fourth-order valence-electron chi connectivity index (χ4n) is 1.24. The molecule has 1 amide bonds. The number of hydrogen-bond donors (Lipinski definition) is 0. The van der Waals surface area contributed by atoms with Gasteiger partial charge in [0.2, 0.25) is 5.91 Å². The molecule has 1 aromatic carbocycles. The molecule has 0 saturated heterocycles. The molecule has 17 heavy (non-hydrogen) atoms. The Hall–Kier alpha value is -2.45. The highest BCUT2D eigenvalue weighted by Gasteiger charge is 2.14. The van der Waals surface area contributed by atoms with Crippen LogP contribution in [0.2, 0.25) is 0 Å². The van der Waals surface area contributed by atoms with Gasteiger partial charge in [-0.05, 0) is 29.2 Å². The molecule has 86 valence electrons. The lowest BCUT2D eigenvalue weighted by molar-refractivity contribution is -0.117. The molecule has 0 aliphatic rings. The van der Waals surface area contributed by atoms with Crippen LogP contribution in [0.4, 0.5) is 8.78 Å². The summed E-state index contributed by atoms with van der Waals surface area (Å²) in [6.07, 6.45) is -0.572. The highest BCUT2D eigenvalue weighted by atomic mass is 19.1. The summed E-state index contributed by atoms with van der Waals surface area (Å²) in [7, 11) is 0. The molecule has 0 spiro atoms. The van der Waals surface area contributed by atoms with Gasteiger partial charge in [-0.2, -0.15) is 5.26 Å². The fraction of sp³-hybridized carbons (Fsp3) is 0.200. The number of azide groups is 1. The summed E-state index contributed by atoms with van der Waals surface area (Å²) in [6, 6.07) is 3.54. The van der Waals surface area contributed by atoms with E-state index < -0.39 is 17.5 Å². The Balaban J connectivity index is 2.95. The first-order valence-corrected chi connectivity index (χ1v) is 4.55. The van der Waals surface area contributed by atoms with E-state index in [1.807, 2.05) is 0 Å². The van der Waals surface area contributed by atoms with Gasteiger partial charge in [-0.1, -0.05) is 0 Å². The van der Waals surface area contributed by atoms with E-state index >= 15 is 0 Å². The Labute approximate surface area is 94.9 Å². The monoisotopic (exact) mass is 236 g/mol. The standard InChI is InChI=1S/C10H6F2N4O/c11-8-3-1-6(5-13)10(12)7(8)2-4-9(17)15-16-14/h1,3H,2,4H2. The summed E-state index contributed by atoms with van der Waals surface area (Å²) < 4.78 is 26.7. The van der Waals surface area contributed by atoms with Crippen LogP contribution in [-0.2, 0) is 11.2 Å². The lowest BCUT2D eigenvalue weighted by Crippen LogP contribution is -2.02. The Morgan fingerprint density at radius 2 is 2.24 bits per heavy atom. The van der Waals surface area contributed by atoms with Gasteiger partial charge in [-0.15, -0.1) is 0 Å². The molecular formula is C10H6F2N4O.